The lowest BCUT2D eigenvalue weighted by Gasteiger charge is -2.09. The summed E-state index contributed by atoms with van der Waals surface area (Å²) in [6.07, 6.45) is 0. The van der Waals surface area contributed by atoms with Crippen LogP contribution < -0.4 is 0 Å². The molecule has 0 spiro atoms. The van der Waals surface area contributed by atoms with Crippen molar-refractivity contribution in [3.05, 3.63) is 29.8 Å². The van der Waals surface area contributed by atoms with Crippen LogP contribution in [0.3, 0.4) is 0 Å². The van der Waals surface area contributed by atoms with Crippen LogP contribution in [0, 0.1) is 6.92 Å². The van der Waals surface area contributed by atoms with Crippen molar-refractivity contribution in [3.63, 3.8) is 0 Å². The first-order valence-electron chi connectivity index (χ1n) is 4.40. The van der Waals surface area contributed by atoms with Gasteiger partial charge in [0.05, 0.1) is 16.8 Å². The zero-order chi connectivity index (χ0) is 10.8. The summed E-state index contributed by atoms with van der Waals surface area (Å²) in [7, 11) is -3.36. The van der Waals surface area contributed by atoms with Crippen LogP contribution in [0.4, 0.5) is 0 Å². The molecule has 1 atom stereocenters. The summed E-state index contributed by atoms with van der Waals surface area (Å²) in [5.41, 5.74) is 1.01. The van der Waals surface area contributed by atoms with Crippen LogP contribution in [0.2, 0.25) is 0 Å². The highest BCUT2D eigenvalue weighted by Gasteiger charge is 2.21. The number of benzene rings is 1. The lowest BCUT2D eigenvalue weighted by atomic mass is 10.2. The van der Waals surface area contributed by atoms with Crippen LogP contribution in [0.5, 0.6) is 0 Å². The molecule has 0 saturated carbocycles. The predicted molar refractivity (Wildman–Crippen MR) is 54.9 cm³/mol. The molecule has 0 aliphatic rings. The van der Waals surface area contributed by atoms with Gasteiger partial charge in [-0.2, -0.15) is 0 Å². The van der Waals surface area contributed by atoms with Crippen molar-refractivity contribution in [2.24, 2.45) is 0 Å². The van der Waals surface area contributed by atoms with E-state index in [-0.39, 0.29) is 11.5 Å². The zero-order valence-electron chi connectivity index (χ0n) is 8.27. The van der Waals surface area contributed by atoms with Crippen molar-refractivity contribution in [2.45, 2.75) is 24.0 Å². The van der Waals surface area contributed by atoms with E-state index >= 15 is 0 Å². The second-order valence-corrected chi connectivity index (χ2v) is 5.72. The molecule has 3 nitrogen and oxygen atoms in total. The SMILES string of the molecule is Cc1ccc(S(=O)(=O)[C@@H](C)CO)cc1. The quantitative estimate of drug-likeness (QED) is 0.821. The average molecular weight is 214 g/mol. The maximum absolute atomic E-state index is 11.7. The van der Waals surface area contributed by atoms with Crippen LogP contribution in [-0.4, -0.2) is 25.4 Å². The summed E-state index contributed by atoms with van der Waals surface area (Å²) in [5.74, 6) is 0. The summed E-state index contributed by atoms with van der Waals surface area (Å²) in [6, 6.07) is 6.63. The number of hydrogen-bond donors (Lipinski definition) is 1. The fourth-order valence-electron chi connectivity index (χ4n) is 1.06. The molecule has 0 amide bonds. The van der Waals surface area contributed by atoms with Crippen molar-refractivity contribution < 1.29 is 13.5 Å². The highest BCUT2D eigenvalue weighted by atomic mass is 32.2. The Morgan fingerprint density at radius 2 is 1.79 bits per heavy atom. The molecule has 0 unspecified atom stereocenters. The summed E-state index contributed by atoms with van der Waals surface area (Å²) >= 11 is 0. The van der Waals surface area contributed by atoms with Crippen LogP contribution in [0.1, 0.15) is 12.5 Å². The highest BCUT2D eigenvalue weighted by molar-refractivity contribution is 7.92. The van der Waals surface area contributed by atoms with E-state index in [4.69, 9.17) is 5.11 Å². The Morgan fingerprint density at radius 3 is 2.21 bits per heavy atom. The Kier molecular flexibility index (Phi) is 3.29. The molecular formula is C10H14O3S. The highest BCUT2D eigenvalue weighted by Crippen LogP contribution is 2.16. The normalized spacial score (nSPS) is 13.9. The van der Waals surface area contributed by atoms with E-state index in [2.05, 4.69) is 0 Å². The van der Waals surface area contributed by atoms with Gasteiger partial charge in [0.1, 0.15) is 0 Å². The van der Waals surface area contributed by atoms with Gasteiger partial charge in [-0.05, 0) is 26.0 Å². The van der Waals surface area contributed by atoms with E-state index in [9.17, 15) is 8.42 Å². The Bertz CT molecular complexity index is 392. The van der Waals surface area contributed by atoms with Crippen LogP contribution >= 0.6 is 0 Å². The fraction of sp³-hybridized carbons (Fsp3) is 0.400. The van der Waals surface area contributed by atoms with Gasteiger partial charge in [-0.3, -0.25) is 0 Å². The molecule has 0 aliphatic carbocycles. The summed E-state index contributed by atoms with van der Waals surface area (Å²) in [6.45, 7) is 3.04. The second kappa shape index (κ2) is 4.11. The monoisotopic (exact) mass is 214 g/mol. The van der Waals surface area contributed by atoms with Gasteiger partial charge in [-0.15, -0.1) is 0 Å². The topological polar surface area (TPSA) is 54.4 Å². The van der Waals surface area contributed by atoms with E-state index in [0.717, 1.165) is 5.56 Å². The van der Waals surface area contributed by atoms with Crippen molar-refractivity contribution in [2.75, 3.05) is 6.61 Å². The van der Waals surface area contributed by atoms with Gasteiger partial charge in [0.25, 0.3) is 0 Å². The largest absolute Gasteiger partial charge is 0.395 e. The molecule has 0 heterocycles. The minimum absolute atomic E-state index is 0.268. The molecule has 0 fully saturated rings. The molecule has 1 rings (SSSR count). The number of aliphatic hydroxyl groups excluding tert-OH is 1. The van der Waals surface area contributed by atoms with Gasteiger partial charge >= 0.3 is 0 Å². The lowest BCUT2D eigenvalue weighted by Crippen LogP contribution is -2.21. The van der Waals surface area contributed by atoms with Crippen LogP contribution in [-0.2, 0) is 9.84 Å². The zero-order valence-corrected chi connectivity index (χ0v) is 9.08. The maximum atomic E-state index is 11.7. The molecule has 0 aromatic heterocycles. The third kappa shape index (κ3) is 2.13. The Balaban J connectivity index is 3.11. The average Bonchev–Trinajstić information content (AvgIpc) is 2.17. The number of aryl methyl sites for hydroxylation is 1. The molecule has 0 bridgehead atoms. The summed E-state index contributed by atoms with van der Waals surface area (Å²) in [4.78, 5) is 0.268. The standard InChI is InChI=1S/C10H14O3S/c1-8-3-5-10(6-4-8)14(12,13)9(2)7-11/h3-6,9,11H,7H2,1-2H3/t9-/m0/s1. The Morgan fingerprint density at radius 1 is 1.29 bits per heavy atom. The number of hydrogen-bond acceptors (Lipinski definition) is 3. The minimum atomic E-state index is -3.36. The van der Waals surface area contributed by atoms with Gasteiger partial charge in [0, 0.05) is 0 Å². The van der Waals surface area contributed by atoms with E-state index in [1.54, 1.807) is 24.3 Å². The minimum Gasteiger partial charge on any atom is -0.395 e. The maximum Gasteiger partial charge on any atom is 0.183 e. The third-order valence-corrected chi connectivity index (χ3v) is 4.27. The molecule has 0 radical (unpaired) electrons. The smallest absolute Gasteiger partial charge is 0.183 e. The molecule has 1 aromatic carbocycles. The number of aliphatic hydroxyl groups is 1. The van der Waals surface area contributed by atoms with Crippen LogP contribution in [0.25, 0.3) is 0 Å². The van der Waals surface area contributed by atoms with Crippen molar-refractivity contribution in [1.82, 2.24) is 0 Å². The Labute approximate surface area is 84.3 Å². The molecule has 4 heteroatoms. The van der Waals surface area contributed by atoms with E-state index in [0.29, 0.717) is 0 Å². The first-order chi connectivity index (χ1) is 6.48. The molecule has 1 aromatic rings. The molecule has 78 valence electrons. The van der Waals surface area contributed by atoms with Crippen molar-refractivity contribution in [3.8, 4) is 0 Å². The van der Waals surface area contributed by atoms with Gasteiger partial charge in [0.2, 0.25) is 0 Å². The first-order valence-corrected chi connectivity index (χ1v) is 5.94. The molecular weight excluding hydrogens is 200 g/mol. The third-order valence-electron chi connectivity index (χ3n) is 2.14. The number of sulfone groups is 1. The first kappa shape index (κ1) is 11.2. The fourth-order valence-corrected chi connectivity index (χ4v) is 2.23. The van der Waals surface area contributed by atoms with Gasteiger partial charge in [-0.1, -0.05) is 17.7 Å². The van der Waals surface area contributed by atoms with E-state index < -0.39 is 15.1 Å². The summed E-state index contributed by atoms with van der Waals surface area (Å²) in [5, 5.41) is 8.06. The van der Waals surface area contributed by atoms with E-state index in [1.807, 2.05) is 6.92 Å². The Hall–Kier alpha value is -0.870. The predicted octanol–water partition coefficient (Wildman–Crippen LogP) is 1.15. The summed E-state index contributed by atoms with van der Waals surface area (Å²) < 4.78 is 23.4. The van der Waals surface area contributed by atoms with Crippen molar-refractivity contribution in [1.29, 1.82) is 0 Å². The molecule has 0 aliphatic heterocycles. The van der Waals surface area contributed by atoms with E-state index in [1.165, 1.54) is 6.92 Å². The van der Waals surface area contributed by atoms with Crippen LogP contribution in [0.15, 0.2) is 29.2 Å². The van der Waals surface area contributed by atoms with Crippen molar-refractivity contribution >= 4 is 9.84 Å². The van der Waals surface area contributed by atoms with Gasteiger partial charge in [-0.25, -0.2) is 8.42 Å². The molecule has 1 N–H and O–H groups in total. The van der Waals surface area contributed by atoms with Gasteiger partial charge in [0.15, 0.2) is 9.84 Å². The second-order valence-electron chi connectivity index (χ2n) is 3.35. The lowest BCUT2D eigenvalue weighted by molar-refractivity contribution is 0.295. The number of rotatable bonds is 3. The van der Waals surface area contributed by atoms with Gasteiger partial charge < -0.3 is 5.11 Å². The molecule has 14 heavy (non-hydrogen) atoms. The molecule has 0 saturated heterocycles.